The van der Waals surface area contributed by atoms with E-state index in [2.05, 4.69) is 19.2 Å². The molecule has 0 spiro atoms. The van der Waals surface area contributed by atoms with Crippen molar-refractivity contribution >= 4 is 11.6 Å². The molecule has 0 aliphatic heterocycles. The van der Waals surface area contributed by atoms with Crippen molar-refractivity contribution in [2.24, 2.45) is 11.8 Å². The molecule has 118 valence electrons. The van der Waals surface area contributed by atoms with E-state index in [0.717, 1.165) is 36.8 Å². The lowest BCUT2D eigenvalue weighted by Crippen LogP contribution is -2.40. The zero-order valence-corrected chi connectivity index (χ0v) is 13.9. The first-order valence-electron chi connectivity index (χ1n) is 8.27. The van der Waals surface area contributed by atoms with Gasteiger partial charge in [-0.25, -0.2) is 4.39 Å². The van der Waals surface area contributed by atoms with Gasteiger partial charge in [0.1, 0.15) is 5.82 Å². The van der Waals surface area contributed by atoms with Crippen LogP contribution in [-0.2, 0) is 6.42 Å². The van der Waals surface area contributed by atoms with Gasteiger partial charge in [0.05, 0.1) is 5.02 Å². The number of hydrogen-bond donors (Lipinski definition) is 1. The molecule has 0 amide bonds. The van der Waals surface area contributed by atoms with Gasteiger partial charge in [0.25, 0.3) is 0 Å². The summed E-state index contributed by atoms with van der Waals surface area (Å²) < 4.78 is 13.3. The number of halogens is 2. The molecule has 3 heteroatoms. The average molecular weight is 312 g/mol. The van der Waals surface area contributed by atoms with Crippen LogP contribution in [-0.4, -0.2) is 12.6 Å². The van der Waals surface area contributed by atoms with Crippen LogP contribution in [0.5, 0.6) is 0 Å². The molecule has 1 fully saturated rings. The largest absolute Gasteiger partial charge is 0.313 e. The quantitative estimate of drug-likeness (QED) is 0.760. The minimum Gasteiger partial charge on any atom is -0.313 e. The van der Waals surface area contributed by atoms with Crippen molar-refractivity contribution in [3.63, 3.8) is 0 Å². The molecule has 1 saturated carbocycles. The molecule has 1 aromatic rings. The lowest BCUT2D eigenvalue weighted by atomic mass is 9.77. The monoisotopic (exact) mass is 311 g/mol. The number of hydrogen-bond acceptors (Lipinski definition) is 1. The second kappa shape index (κ2) is 8.14. The fourth-order valence-corrected chi connectivity index (χ4v) is 3.55. The normalized spacial score (nSPS) is 24.0. The minimum atomic E-state index is -0.329. The molecule has 2 rings (SSSR count). The molecule has 1 N–H and O–H groups in total. The first-order chi connectivity index (χ1) is 10.1. The Morgan fingerprint density at radius 2 is 2.00 bits per heavy atom. The molecule has 1 aromatic carbocycles. The predicted octanol–water partition coefficient (Wildman–Crippen LogP) is 5.22. The smallest absolute Gasteiger partial charge is 0.141 e. The van der Waals surface area contributed by atoms with E-state index >= 15 is 0 Å². The molecular formula is C18H27ClFN. The van der Waals surface area contributed by atoms with Crippen LogP contribution in [0.4, 0.5) is 4.39 Å². The van der Waals surface area contributed by atoms with Crippen LogP contribution in [0, 0.1) is 17.7 Å². The van der Waals surface area contributed by atoms with Gasteiger partial charge in [-0.3, -0.25) is 0 Å². The molecule has 0 aromatic heterocycles. The number of nitrogens with one attached hydrogen (secondary N) is 1. The van der Waals surface area contributed by atoms with Gasteiger partial charge in [0.2, 0.25) is 0 Å². The summed E-state index contributed by atoms with van der Waals surface area (Å²) in [5.74, 6) is 1.27. The van der Waals surface area contributed by atoms with E-state index in [0.29, 0.717) is 6.04 Å². The van der Waals surface area contributed by atoms with Gasteiger partial charge in [-0.2, -0.15) is 0 Å². The van der Waals surface area contributed by atoms with E-state index in [1.807, 2.05) is 6.07 Å². The molecule has 1 unspecified atom stereocenters. The summed E-state index contributed by atoms with van der Waals surface area (Å²) in [5.41, 5.74) is 1.13. The van der Waals surface area contributed by atoms with Gasteiger partial charge in [0, 0.05) is 6.04 Å². The third-order valence-electron chi connectivity index (χ3n) is 4.73. The zero-order valence-electron chi connectivity index (χ0n) is 13.2. The molecule has 0 heterocycles. The lowest BCUT2D eigenvalue weighted by Gasteiger charge is -2.33. The summed E-state index contributed by atoms with van der Waals surface area (Å²) in [6.07, 6.45) is 7.36. The van der Waals surface area contributed by atoms with Crippen LogP contribution in [0.1, 0.15) is 51.5 Å². The average Bonchev–Trinajstić information content (AvgIpc) is 2.48. The van der Waals surface area contributed by atoms with Gasteiger partial charge in [0.15, 0.2) is 0 Å². The molecule has 21 heavy (non-hydrogen) atoms. The van der Waals surface area contributed by atoms with Crippen molar-refractivity contribution in [3.05, 3.63) is 34.6 Å². The van der Waals surface area contributed by atoms with Gasteiger partial charge in [-0.05, 0) is 61.8 Å². The van der Waals surface area contributed by atoms with Crippen molar-refractivity contribution in [1.29, 1.82) is 0 Å². The molecule has 1 atom stereocenters. The maximum Gasteiger partial charge on any atom is 0.141 e. The van der Waals surface area contributed by atoms with Crippen molar-refractivity contribution < 1.29 is 4.39 Å². The molecule has 0 saturated heterocycles. The molecule has 1 aliphatic carbocycles. The van der Waals surface area contributed by atoms with Crippen molar-refractivity contribution in [2.75, 3.05) is 6.54 Å². The highest BCUT2D eigenvalue weighted by molar-refractivity contribution is 6.30. The highest BCUT2D eigenvalue weighted by Crippen LogP contribution is 2.32. The maximum atomic E-state index is 13.3. The van der Waals surface area contributed by atoms with Crippen LogP contribution in [0.15, 0.2) is 18.2 Å². The topological polar surface area (TPSA) is 12.0 Å². The van der Waals surface area contributed by atoms with Gasteiger partial charge in [-0.15, -0.1) is 0 Å². The summed E-state index contributed by atoms with van der Waals surface area (Å²) in [6.45, 7) is 5.60. The Morgan fingerprint density at radius 1 is 1.29 bits per heavy atom. The second-order valence-corrected chi connectivity index (χ2v) is 6.94. The predicted molar refractivity (Wildman–Crippen MR) is 88.3 cm³/mol. The first-order valence-corrected chi connectivity index (χ1v) is 8.65. The Kier molecular flexibility index (Phi) is 6.50. The third-order valence-corrected chi connectivity index (χ3v) is 5.02. The zero-order chi connectivity index (χ0) is 15.2. The fourth-order valence-electron chi connectivity index (χ4n) is 3.34. The summed E-state index contributed by atoms with van der Waals surface area (Å²) in [6, 6.07) is 5.62. The standard InChI is InChI=1S/C18H27ClFN/c1-3-10-21-18(15-7-4-13(2)5-8-15)12-14-6-9-17(20)16(19)11-14/h6,9,11,13,15,18,21H,3-5,7-8,10,12H2,1-2H3. The van der Waals surface area contributed by atoms with E-state index in [4.69, 9.17) is 11.6 Å². The van der Waals surface area contributed by atoms with Crippen molar-refractivity contribution in [3.8, 4) is 0 Å². The van der Waals surface area contributed by atoms with E-state index in [9.17, 15) is 4.39 Å². The third kappa shape index (κ3) is 4.96. The Morgan fingerprint density at radius 3 is 2.62 bits per heavy atom. The summed E-state index contributed by atoms with van der Waals surface area (Å²) >= 11 is 5.91. The second-order valence-electron chi connectivity index (χ2n) is 6.53. The van der Waals surface area contributed by atoms with Crippen LogP contribution in [0.25, 0.3) is 0 Å². The van der Waals surface area contributed by atoms with Gasteiger partial charge in [-0.1, -0.05) is 44.4 Å². The van der Waals surface area contributed by atoms with Crippen LogP contribution >= 0.6 is 11.6 Å². The number of rotatable bonds is 6. The number of benzene rings is 1. The highest BCUT2D eigenvalue weighted by atomic mass is 35.5. The summed E-state index contributed by atoms with van der Waals surface area (Å²) in [4.78, 5) is 0. The molecule has 0 bridgehead atoms. The van der Waals surface area contributed by atoms with Crippen molar-refractivity contribution in [2.45, 2.75) is 58.4 Å². The van der Waals surface area contributed by atoms with E-state index < -0.39 is 0 Å². The van der Waals surface area contributed by atoms with Crippen molar-refractivity contribution in [1.82, 2.24) is 5.32 Å². The SMILES string of the molecule is CCCNC(Cc1ccc(F)c(Cl)c1)C1CCC(C)CC1. The Hall–Kier alpha value is -0.600. The van der Waals surface area contributed by atoms with Gasteiger partial charge >= 0.3 is 0 Å². The summed E-state index contributed by atoms with van der Waals surface area (Å²) in [5, 5.41) is 3.93. The molecule has 0 radical (unpaired) electrons. The van der Waals surface area contributed by atoms with E-state index in [1.54, 1.807) is 6.07 Å². The minimum absolute atomic E-state index is 0.235. The molecule has 1 aliphatic rings. The van der Waals surface area contributed by atoms with Crippen LogP contribution in [0.2, 0.25) is 5.02 Å². The van der Waals surface area contributed by atoms with Gasteiger partial charge < -0.3 is 5.32 Å². The molecule has 1 nitrogen and oxygen atoms in total. The summed E-state index contributed by atoms with van der Waals surface area (Å²) in [7, 11) is 0. The Balaban J connectivity index is 2.02. The van der Waals surface area contributed by atoms with E-state index in [-0.39, 0.29) is 10.8 Å². The van der Waals surface area contributed by atoms with Crippen LogP contribution in [0.3, 0.4) is 0 Å². The van der Waals surface area contributed by atoms with Crippen LogP contribution < -0.4 is 5.32 Å². The Bertz CT molecular complexity index is 441. The first kappa shape index (κ1) is 16.8. The van der Waals surface area contributed by atoms with E-state index in [1.165, 1.54) is 31.7 Å². The fraction of sp³-hybridized carbons (Fsp3) is 0.667. The molecular weight excluding hydrogens is 285 g/mol. The lowest BCUT2D eigenvalue weighted by molar-refractivity contribution is 0.229. The Labute approximate surface area is 133 Å². The maximum absolute atomic E-state index is 13.3. The highest BCUT2D eigenvalue weighted by Gasteiger charge is 2.25.